The van der Waals surface area contributed by atoms with Crippen LogP contribution in [-0.4, -0.2) is 38.2 Å². The van der Waals surface area contributed by atoms with Gasteiger partial charge >= 0.3 is 40.5 Å². The summed E-state index contributed by atoms with van der Waals surface area (Å²) in [5, 5.41) is 0. The van der Waals surface area contributed by atoms with E-state index in [9.17, 15) is 14.4 Å². The molecule has 1 saturated carbocycles. The fraction of sp³-hybridized carbons (Fsp3) is 0.655. The molecular formula is C29H43O8Rh. The van der Waals surface area contributed by atoms with Crippen molar-refractivity contribution < 1.29 is 57.4 Å². The van der Waals surface area contributed by atoms with Gasteiger partial charge in [0.1, 0.15) is 0 Å². The van der Waals surface area contributed by atoms with Gasteiger partial charge in [0.15, 0.2) is 0 Å². The Morgan fingerprint density at radius 2 is 1.00 bits per heavy atom. The topological polar surface area (TPSA) is 119 Å². The van der Waals surface area contributed by atoms with Gasteiger partial charge in [0.25, 0.3) is 0 Å². The van der Waals surface area contributed by atoms with Crippen molar-refractivity contribution in [2.24, 2.45) is 0 Å². The molecule has 0 saturated heterocycles. The maximum Gasteiger partial charge on any atom is 0 e. The van der Waals surface area contributed by atoms with Crippen LogP contribution in [0.25, 0.3) is 0 Å². The molecule has 1 fully saturated rings. The summed E-state index contributed by atoms with van der Waals surface area (Å²) in [5.41, 5.74) is 0. The molecule has 0 spiro atoms. The van der Waals surface area contributed by atoms with Crippen LogP contribution in [0.2, 0.25) is 0 Å². The minimum Gasteiger partial charge on any atom is 0 e. The van der Waals surface area contributed by atoms with Crippen molar-refractivity contribution in [2.45, 2.75) is 104 Å². The summed E-state index contributed by atoms with van der Waals surface area (Å²) in [6.07, 6.45) is 16.7. The zero-order valence-electron chi connectivity index (χ0n) is 23.1. The normalized spacial score (nSPS) is 13.1. The van der Waals surface area contributed by atoms with Crippen molar-refractivity contribution in [3.8, 4) is 0 Å². The Morgan fingerprint density at radius 3 is 1.34 bits per heavy atom. The van der Waals surface area contributed by atoms with Crippen LogP contribution in [0.3, 0.4) is 0 Å². The van der Waals surface area contributed by atoms with Crippen molar-refractivity contribution in [3.63, 3.8) is 0 Å². The van der Waals surface area contributed by atoms with Gasteiger partial charge in [0.2, 0.25) is 0 Å². The maximum absolute atomic E-state index is 12.3. The number of ether oxygens (including phenoxy) is 3. The smallest absolute Gasteiger partial charge is 0 e. The summed E-state index contributed by atoms with van der Waals surface area (Å²) in [5.74, 6) is 0.345. The zero-order valence-corrected chi connectivity index (χ0v) is 24.7. The number of hydrogen-bond donors (Lipinski definition) is 0. The molecule has 1 aliphatic rings. The van der Waals surface area contributed by atoms with Crippen molar-refractivity contribution in [3.05, 3.63) is 43.9 Å². The van der Waals surface area contributed by atoms with E-state index >= 15 is 0 Å². The Labute approximate surface area is 242 Å². The number of hydrogen-bond acceptors (Lipinski definition) is 6. The molecular weight excluding hydrogens is 579 g/mol. The van der Waals surface area contributed by atoms with Gasteiger partial charge in [-0.25, -0.2) is 0 Å². The monoisotopic (exact) mass is 622 g/mol. The Balaban J connectivity index is -0.00000233. The third-order valence-electron chi connectivity index (χ3n) is 5.68. The van der Waals surface area contributed by atoms with E-state index in [-0.39, 0.29) is 44.3 Å². The molecule has 0 aromatic carbocycles. The average Bonchev–Trinajstić information content (AvgIpc) is 3.31. The molecule has 1 aliphatic carbocycles. The first-order chi connectivity index (χ1) is 18.0. The first kappa shape index (κ1) is 41.0. The van der Waals surface area contributed by atoms with Crippen LogP contribution in [0, 0.1) is 43.9 Å². The van der Waals surface area contributed by atoms with Crippen molar-refractivity contribution in [1.29, 1.82) is 0 Å². The summed E-state index contributed by atoms with van der Waals surface area (Å²) in [7, 11) is 1.30. The summed E-state index contributed by atoms with van der Waals surface area (Å²) in [4.78, 5) is 36.5. The predicted octanol–water partition coefficient (Wildman–Crippen LogP) is 5.82. The minimum atomic E-state index is -0.497. The summed E-state index contributed by atoms with van der Waals surface area (Å²) in [6, 6.07) is 0. The first-order valence-electron chi connectivity index (χ1n) is 13.1. The number of carbonyl (C=O) groups is 3. The van der Waals surface area contributed by atoms with Gasteiger partial charge in [-0.1, -0.05) is 78.1 Å². The van der Waals surface area contributed by atoms with E-state index in [0.717, 1.165) is 38.5 Å². The van der Waals surface area contributed by atoms with Gasteiger partial charge < -0.3 is 14.2 Å². The van der Waals surface area contributed by atoms with E-state index in [2.05, 4.69) is 27.1 Å². The van der Waals surface area contributed by atoms with E-state index in [4.69, 9.17) is 23.5 Å². The van der Waals surface area contributed by atoms with Gasteiger partial charge in [-0.2, -0.15) is 0 Å². The van der Waals surface area contributed by atoms with Gasteiger partial charge in [0.05, 0.1) is 39.1 Å². The molecule has 0 aromatic heterocycles. The van der Waals surface area contributed by atoms with E-state index in [1.807, 2.05) is 0 Å². The van der Waals surface area contributed by atoms with E-state index < -0.39 is 5.97 Å². The molecule has 9 heteroatoms. The van der Waals surface area contributed by atoms with E-state index in [0.29, 0.717) is 31.0 Å². The molecule has 0 heterocycles. The van der Waals surface area contributed by atoms with Crippen LogP contribution in [0.15, 0.2) is 0 Å². The second-order valence-corrected chi connectivity index (χ2v) is 8.62. The van der Waals surface area contributed by atoms with Gasteiger partial charge in [0, 0.05) is 19.5 Å². The van der Waals surface area contributed by atoms with Crippen molar-refractivity contribution >= 4 is 17.9 Å². The Hall–Kier alpha value is -1.49. The molecule has 8 nitrogen and oxygen atoms in total. The Morgan fingerprint density at radius 1 is 0.658 bits per heavy atom. The fourth-order valence-electron chi connectivity index (χ4n) is 3.72. The van der Waals surface area contributed by atoms with Crippen molar-refractivity contribution in [1.82, 2.24) is 0 Å². The van der Waals surface area contributed by atoms with Crippen LogP contribution in [0.4, 0.5) is 0 Å². The SMILES string of the molecule is CCCCCCCCOC(=O)C[C]1[CH][C](C(=O)OC)[CH][C]1CC(=O)OCCCCCCCC.[C-]#[O+].[C-]#[O+].[Rh]. The van der Waals surface area contributed by atoms with Crippen LogP contribution < -0.4 is 0 Å². The first-order valence-corrected chi connectivity index (χ1v) is 13.1. The minimum absolute atomic E-state index is 0. The Bertz CT molecular complexity index is 589. The molecule has 1 rings (SSSR count). The number of rotatable bonds is 19. The molecule has 6 radical (unpaired) electrons. The van der Waals surface area contributed by atoms with Crippen LogP contribution in [-0.2, 0) is 57.4 Å². The fourth-order valence-corrected chi connectivity index (χ4v) is 3.72. The van der Waals surface area contributed by atoms with Gasteiger partial charge in [-0.15, -0.1) is 0 Å². The molecule has 0 amide bonds. The maximum atomic E-state index is 12.3. The molecule has 0 unspecified atom stereocenters. The third kappa shape index (κ3) is 21.4. The molecule has 0 aromatic rings. The Kier molecular flexibility index (Phi) is 32.4. The van der Waals surface area contributed by atoms with Crippen LogP contribution >= 0.6 is 0 Å². The van der Waals surface area contributed by atoms with Crippen LogP contribution in [0.5, 0.6) is 0 Å². The standard InChI is InChI=1S/C27H43O6.2CO.Rh/c1-4-6-8-10-12-14-16-32-25(28)20-22-18-24(27(30)31-3)19-23(22)21-26(29)33-17-15-13-11-9-7-5-2;2*1-2;/h18-19H,4-17,20-21H2,1-3H3;;;. The molecule has 0 atom stereocenters. The number of carbonyl (C=O) groups excluding carboxylic acids is 3. The quantitative estimate of drug-likeness (QED) is 0.0448. The van der Waals surface area contributed by atoms with Gasteiger partial charge in [-0.3, -0.25) is 14.4 Å². The summed E-state index contributed by atoms with van der Waals surface area (Å²) >= 11 is 0. The largest absolute Gasteiger partial charge is 0 e. The number of esters is 3. The number of unbranched alkanes of at least 4 members (excludes halogenated alkanes) is 10. The van der Waals surface area contributed by atoms with Gasteiger partial charge in [-0.05, 0) is 37.5 Å². The molecule has 0 aliphatic heterocycles. The zero-order chi connectivity index (χ0) is 28.3. The third-order valence-corrected chi connectivity index (χ3v) is 5.68. The molecule has 0 N–H and O–H groups in total. The second-order valence-electron chi connectivity index (χ2n) is 8.62. The van der Waals surface area contributed by atoms with E-state index in [1.165, 1.54) is 45.6 Å². The van der Waals surface area contributed by atoms with Crippen LogP contribution in [0.1, 0.15) is 104 Å². The predicted molar refractivity (Wildman–Crippen MR) is 136 cm³/mol. The number of methoxy groups -OCH3 is 1. The molecule has 216 valence electrons. The van der Waals surface area contributed by atoms with E-state index in [1.54, 1.807) is 12.8 Å². The molecule has 0 bridgehead atoms. The molecule has 38 heavy (non-hydrogen) atoms. The average molecular weight is 623 g/mol. The summed E-state index contributed by atoms with van der Waals surface area (Å²) in [6.45, 7) is 14.2. The van der Waals surface area contributed by atoms with Crippen molar-refractivity contribution in [2.75, 3.05) is 20.3 Å². The second kappa shape index (κ2) is 30.1. The summed E-state index contributed by atoms with van der Waals surface area (Å²) < 4.78 is 30.5.